The lowest BCUT2D eigenvalue weighted by Gasteiger charge is -2.19. The molecule has 0 unspecified atom stereocenters. The van der Waals surface area contributed by atoms with Gasteiger partial charge in [-0.3, -0.25) is 9.10 Å². The number of anilines is 1. The maximum absolute atomic E-state index is 12.7. The Balaban J connectivity index is 1.72. The van der Waals surface area contributed by atoms with Crippen molar-refractivity contribution in [1.82, 2.24) is 5.32 Å². The Hall–Kier alpha value is -2.77. The van der Waals surface area contributed by atoms with Gasteiger partial charge >= 0.3 is 0 Å². The smallest absolute Gasteiger partial charge is 0.264 e. The Morgan fingerprint density at radius 1 is 1.07 bits per heavy atom. The zero-order valence-corrected chi connectivity index (χ0v) is 16.0. The molecular weight excluding hydrogens is 388 g/mol. The number of hydrogen-bond donors (Lipinski definition) is 1. The lowest BCUT2D eigenvalue weighted by molar-refractivity contribution is 0.0948. The van der Waals surface area contributed by atoms with Crippen molar-refractivity contribution in [2.45, 2.75) is 11.4 Å². The minimum atomic E-state index is -3.72. The van der Waals surface area contributed by atoms with Crippen LogP contribution in [0.5, 0.6) is 0 Å². The summed E-state index contributed by atoms with van der Waals surface area (Å²) in [5, 5.41) is 3.19. The lowest BCUT2D eigenvalue weighted by Crippen LogP contribution is -2.27. The van der Waals surface area contributed by atoms with E-state index in [9.17, 15) is 13.2 Å². The van der Waals surface area contributed by atoms with Crippen molar-refractivity contribution in [2.75, 3.05) is 11.4 Å². The first-order chi connectivity index (χ1) is 12.9. The summed E-state index contributed by atoms with van der Waals surface area (Å²) in [7, 11) is -2.27. The van der Waals surface area contributed by atoms with Gasteiger partial charge in [0.1, 0.15) is 5.76 Å². The topological polar surface area (TPSA) is 79.6 Å². The van der Waals surface area contributed by atoms with Gasteiger partial charge < -0.3 is 9.73 Å². The van der Waals surface area contributed by atoms with E-state index in [-0.39, 0.29) is 17.3 Å². The Kier molecular flexibility index (Phi) is 5.53. The minimum absolute atomic E-state index is 0.134. The van der Waals surface area contributed by atoms with Crippen LogP contribution in [-0.4, -0.2) is 21.4 Å². The van der Waals surface area contributed by atoms with E-state index in [4.69, 9.17) is 16.0 Å². The van der Waals surface area contributed by atoms with Gasteiger partial charge in [-0.2, -0.15) is 0 Å². The largest absolute Gasteiger partial charge is 0.467 e. The van der Waals surface area contributed by atoms with E-state index >= 15 is 0 Å². The van der Waals surface area contributed by atoms with E-state index in [1.807, 2.05) is 0 Å². The Morgan fingerprint density at radius 2 is 1.74 bits per heavy atom. The molecular formula is C19H17ClN2O4S. The molecule has 1 N–H and O–H groups in total. The van der Waals surface area contributed by atoms with E-state index in [0.29, 0.717) is 22.0 Å². The average Bonchev–Trinajstić information content (AvgIpc) is 3.19. The molecule has 0 bridgehead atoms. The quantitative estimate of drug-likeness (QED) is 0.679. The van der Waals surface area contributed by atoms with Gasteiger partial charge in [0.25, 0.3) is 15.9 Å². The number of carbonyl (C=O) groups excluding carboxylic acids is 1. The first-order valence-electron chi connectivity index (χ1n) is 8.03. The molecule has 140 valence electrons. The first-order valence-corrected chi connectivity index (χ1v) is 9.85. The van der Waals surface area contributed by atoms with Crippen LogP contribution in [0.4, 0.5) is 5.69 Å². The van der Waals surface area contributed by atoms with E-state index < -0.39 is 10.0 Å². The molecule has 1 aromatic heterocycles. The van der Waals surface area contributed by atoms with Gasteiger partial charge in [-0.25, -0.2) is 8.42 Å². The van der Waals surface area contributed by atoms with E-state index in [2.05, 4.69) is 5.32 Å². The summed E-state index contributed by atoms with van der Waals surface area (Å²) < 4.78 is 31.7. The van der Waals surface area contributed by atoms with Crippen LogP contribution in [-0.2, 0) is 16.6 Å². The van der Waals surface area contributed by atoms with Gasteiger partial charge in [0.15, 0.2) is 0 Å². The van der Waals surface area contributed by atoms with Gasteiger partial charge in [0.2, 0.25) is 0 Å². The van der Waals surface area contributed by atoms with Crippen molar-refractivity contribution in [3.63, 3.8) is 0 Å². The predicted molar refractivity (Wildman–Crippen MR) is 103 cm³/mol. The second kappa shape index (κ2) is 7.85. The number of furan rings is 1. The molecule has 27 heavy (non-hydrogen) atoms. The number of rotatable bonds is 6. The fourth-order valence-corrected chi connectivity index (χ4v) is 3.73. The molecule has 0 aliphatic carbocycles. The van der Waals surface area contributed by atoms with Crippen molar-refractivity contribution in [3.8, 4) is 0 Å². The third kappa shape index (κ3) is 4.32. The summed E-state index contributed by atoms with van der Waals surface area (Å²) in [5.41, 5.74) is 0.857. The average molecular weight is 405 g/mol. The Labute approximate surface area is 162 Å². The highest BCUT2D eigenvalue weighted by molar-refractivity contribution is 7.92. The summed E-state index contributed by atoms with van der Waals surface area (Å²) >= 11 is 5.81. The normalized spacial score (nSPS) is 11.2. The number of hydrogen-bond acceptors (Lipinski definition) is 4. The zero-order valence-electron chi connectivity index (χ0n) is 14.4. The molecule has 0 aliphatic heterocycles. The van der Waals surface area contributed by atoms with Crippen LogP contribution in [0.25, 0.3) is 0 Å². The second-order valence-corrected chi connectivity index (χ2v) is 8.14. The molecule has 0 radical (unpaired) electrons. The molecule has 6 nitrogen and oxygen atoms in total. The monoisotopic (exact) mass is 404 g/mol. The highest BCUT2D eigenvalue weighted by atomic mass is 35.5. The summed E-state index contributed by atoms with van der Waals surface area (Å²) in [6, 6.07) is 15.7. The van der Waals surface area contributed by atoms with Gasteiger partial charge in [-0.1, -0.05) is 11.6 Å². The highest BCUT2D eigenvalue weighted by Crippen LogP contribution is 2.23. The van der Waals surface area contributed by atoms with Crippen LogP contribution in [0, 0.1) is 0 Å². The van der Waals surface area contributed by atoms with Crippen molar-refractivity contribution in [2.24, 2.45) is 0 Å². The number of nitrogens with zero attached hydrogens (tertiary/aromatic N) is 1. The van der Waals surface area contributed by atoms with Crippen LogP contribution in [0.15, 0.2) is 76.2 Å². The molecule has 0 saturated carbocycles. The van der Waals surface area contributed by atoms with Crippen LogP contribution < -0.4 is 9.62 Å². The Bertz CT molecular complexity index is 1010. The molecule has 1 heterocycles. The molecule has 0 spiro atoms. The van der Waals surface area contributed by atoms with Gasteiger partial charge in [0, 0.05) is 17.6 Å². The van der Waals surface area contributed by atoms with Crippen LogP contribution >= 0.6 is 11.6 Å². The molecule has 3 rings (SSSR count). The summed E-state index contributed by atoms with van der Waals surface area (Å²) in [4.78, 5) is 12.3. The molecule has 2 aromatic carbocycles. The number of nitrogens with one attached hydrogen (secondary N) is 1. The first kappa shape index (κ1) is 19.0. The van der Waals surface area contributed by atoms with Gasteiger partial charge in [-0.15, -0.1) is 0 Å². The van der Waals surface area contributed by atoms with E-state index in [1.54, 1.807) is 36.4 Å². The SMILES string of the molecule is CN(c1ccc(C(=O)NCc2ccco2)cc1)S(=O)(=O)c1ccc(Cl)cc1. The van der Waals surface area contributed by atoms with E-state index in [0.717, 1.165) is 4.31 Å². The number of halogens is 1. The highest BCUT2D eigenvalue weighted by Gasteiger charge is 2.21. The number of amides is 1. The maximum atomic E-state index is 12.7. The van der Waals surface area contributed by atoms with Crippen LogP contribution in [0.3, 0.4) is 0 Å². The van der Waals surface area contributed by atoms with Crippen molar-refractivity contribution < 1.29 is 17.6 Å². The van der Waals surface area contributed by atoms with E-state index in [1.165, 1.54) is 37.6 Å². The third-order valence-corrected chi connectivity index (χ3v) is 6.02. The van der Waals surface area contributed by atoms with Crippen molar-refractivity contribution in [3.05, 3.63) is 83.3 Å². The number of sulfonamides is 1. The van der Waals surface area contributed by atoms with Crippen LogP contribution in [0.1, 0.15) is 16.1 Å². The molecule has 0 saturated heterocycles. The molecule has 0 aliphatic rings. The molecule has 3 aromatic rings. The van der Waals surface area contributed by atoms with Gasteiger partial charge in [0.05, 0.1) is 23.4 Å². The molecule has 1 amide bonds. The third-order valence-electron chi connectivity index (χ3n) is 3.97. The fraction of sp³-hybridized carbons (Fsp3) is 0.105. The molecule has 8 heteroatoms. The number of carbonyl (C=O) groups is 1. The molecule has 0 atom stereocenters. The van der Waals surface area contributed by atoms with Crippen LogP contribution in [0.2, 0.25) is 5.02 Å². The maximum Gasteiger partial charge on any atom is 0.264 e. The predicted octanol–water partition coefficient (Wildman–Crippen LogP) is 3.69. The Morgan fingerprint density at radius 3 is 2.33 bits per heavy atom. The fourth-order valence-electron chi connectivity index (χ4n) is 2.41. The zero-order chi connectivity index (χ0) is 19.4. The lowest BCUT2D eigenvalue weighted by atomic mass is 10.2. The summed E-state index contributed by atoms with van der Waals surface area (Å²) in [6.07, 6.45) is 1.53. The van der Waals surface area contributed by atoms with Gasteiger partial charge in [-0.05, 0) is 60.7 Å². The summed E-state index contributed by atoms with van der Waals surface area (Å²) in [5.74, 6) is 0.370. The minimum Gasteiger partial charge on any atom is -0.467 e. The summed E-state index contributed by atoms with van der Waals surface area (Å²) in [6.45, 7) is 0.276. The van der Waals surface area contributed by atoms with Crippen molar-refractivity contribution in [1.29, 1.82) is 0 Å². The second-order valence-electron chi connectivity index (χ2n) is 5.74. The number of benzene rings is 2. The standard InChI is InChI=1S/C19H17ClN2O4S/c1-22(27(24,25)18-10-6-15(20)7-11-18)16-8-4-14(5-9-16)19(23)21-13-17-3-2-12-26-17/h2-12H,13H2,1H3,(H,21,23). The van der Waals surface area contributed by atoms with Crippen molar-refractivity contribution >= 4 is 33.2 Å². The molecule has 0 fully saturated rings.